The van der Waals surface area contributed by atoms with Crippen molar-refractivity contribution < 1.29 is 4.79 Å². The third-order valence-electron chi connectivity index (χ3n) is 6.36. The molecule has 2 aromatic rings. The van der Waals surface area contributed by atoms with Gasteiger partial charge in [-0.25, -0.2) is 0 Å². The van der Waals surface area contributed by atoms with Gasteiger partial charge in [0.25, 0.3) is 0 Å². The predicted octanol–water partition coefficient (Wildman–Crippen LogP) is 4.65. The lowest BCUT2D eigenvalue weighted by molar-refractivity contribution is -0.138. The van der Waals surface area contributed by atoms with Gasteiger partial charge in [-0.05, 0) is 55.9 Å². The number of nitrogens with one attached hydrogen (secondary N) is 1. The molecule has 6 heteroatoms. The molecule has 6 rings (SSSR count). The number of amides is 1. The molecule has 0 radical (unpaired) electrons. The van der Waals surface area contributed by atoms with E-state index in [1.54, 1.807) is 0 Å². The van der Waals surface area contributed by atoms with Crippen LogP contribution in [0.3, 0.4) is 0 Å². The maximum Gasteiger partial charge on any atom is 0.232 e. The smallest absolute Gasteiger partial charge is 0.232 e. The summed E-state index contributed by atoms with van der Waals surface area (Å²) in [5, 5.41) is 13.1. The first kappa shape index (κ1) is 16.7. The van der Waals surface area contributed by atoms with E-state index < -0.39 is 0 Å². The van der Waals surface area contributed by atoms with E-state index in [4.69, 9.17) is 11.6 Å². The molecule has 4 bridgehead atoms. The average Bonchev–Trinajstić information content (AvgIpc) is 3.00. The van der Waals surface area contributed by atoms with Crippen LogP contribution in [0.5, 0.6) is 0 Å². The number of rotatable bonds is 4. The molecule has 4 aliphatic rings. The minimum Gasteiger partial charge on any atom is -0.300 e. The molecule has 0 saturated heterocycles. The Morgan fingerprint density at radius 3 is 2.58 bits per heavy atom. The summed E-state index contributed by atoms with van der Waals surface area (Å²) >= 11 is 8.33. The second kappa shape index (κ2) is 6.03. The van der Waals surface area contributed by atoms with Gasteiger partial charge in [0.1, 0.15) is 5.01 Å². The van der Waals surface area contributed by atoms with E-state index in [0.29, 0.717) is 17.0 Å². The fourth-order valence-corrected chi connectivity index (χ4v) is 7.25. The van der Waals surface area contributed by atoms with E-state index in [9.17, 15) is 4.79 Å². The lowest BCUT2D eigenvalue weighted by Crippen LogP contribution is -2.57. The van der Waals surface area contributed by atoms with Crippen molar-refractivity contribution in [2.24, 2.45) is 17.3 Å². The van der Waals surface area contributed by atoms with Crippen LogP contribution in [0.15, 0.2) is 30.3 Å². The quantitative estimate of drug-likeness (QED) is 0.777. The third kappa shape index (κ3) is 2.95. The molecule has 1 amide bonds. The van der Waals surface area contributed by atoms with Crippen LogP contribution in [-0.2, 0) is 11.2 Å². The molecule has 26 heavy (non-hydrogen) atoms. The summed E-state index contributed by atoms with van der Waals surface area (Å²) in [4.78, 5) is 13.0. The molecular weight excluding hydrogens is 366 g/mol. The molecule has 4 aliphatic carbocycles. The average molecular weight is 388 g/mol. The van der Waals surface area contributed by atoms with Gasteiger partial charge in [-0.3, -0.25) is 4.79 Å². The van der Waals surface area contributed by atoms with Gasteiger partial charge in [-0.2, -0.15) is 0 Å². The molecule has 1 aromatic carbocycles. The number of hydrogen-bond donors (Lipinski definition) is 1. The number of anilines is 1. The van der Waals surface area contributed by atoms with Crippen LogP contribution in [0.2, 0.25) is 0 Å². The Morgan fingerprint density at radius 1 is 1.15 bits per heavy atom. The molecule has 2 unspecified atom stereocenters. The van der Waals surface area contributed by atoms with Gasteiger partial charge in [-0.15, -0.1) is 21.8 Å². The standard InChI is InChI=1S/C20H22ClN3OS/c21-20-10-14-6-15(11-20)9-19(8-14,12-20)17(25)22-18-24-23-16(26-18)7-13-4-2-1-3-5-13/h1-5,14-15H,6-12H2,(H,22,24,25)/t14-,15+,19?,20?. The zero-order valence-corrected chi connectivity index (χ0v) is 16.2. The molecule has 4 nitrogen and oxygen atoms in total. The van der Waals surface area contributed by atoms with Gasteiger partial charge in [-0.1, -0.05) is 41.7 Å². The van der Waals surface area contributed by atoms with E-state index in [2.05, 4.69) is 27.6 Å². The van der Waals surface area contributed by atoms with Crippen molar-refractivity contribution in [3.05, 3.63) is 40.9 Å². The van der Waals surface area contributed by atoms with Gasteiger partial charge in [0.2, 0.25) is 11.0 Å². The topological polar surface area (TPSA) is 54.9 Å². The Morgan fingerprint density at radius 2 is 1.88 bits per heavy atom. The minimum absolute atomic E-state index is 0.110. The highest BCUT2D eigenvalue weighted by Crippen LogP contribution is 2.64. The van der Waals surface area contributed by atoms with Crippen molar-refractivity contribution >= 4 is 34.0 Å². The molecule has 0 spiro atoms. The molecule has 4 fully saturated rings. The highest BCUT2D eigenvalue weighted by molar-refractivity contribution is 7.15. The van der Waals surface area contributed by atoms with Crippen molar-refractivity contribution in [1.82, 2.24) is 10.2 Å². The fraction of sp³-hybridized carbons (Fsp3) is 0.550. The number of aromatic nitrogens is 2. The van der Waals surface area contributed by atoms with Crippen LogP contribution >= 0.6 is 22.9 Å². The third-order valence-corrected chi connectivity index (χ3v) is 7.64. The maximum absolute atomic E-state index is 13.1. The van der Waals surface area contributed by atoms with Crippen molar-refractivity contribution in [2.75, 3.05) is 5.32 Å². The summed E-state index contributed by atoms with van der Waals surface area (Å²) in [5.41, 5.74) is 0.906. The molecule has 0 aliphatic heterocycles. The number of benzene rings is 1. The van der Waals surface area contributed by atoms with Crippen LogP contribution < -0.4 is 5.32 Å². The lowest BCUT2D eigenvalue weighted by Gasteiger charge is -2.59. The Labute approximate surface area is 162 Å². The van der Waals surface area contributed by atoms with Gasteiger partial charge in [0, 0.05) is 11.3 Å². The number of hydrogen-bond acceptors (Lipinski definition) is 4. The number of carbonyl (C=O) groups is 1. The van der Waals surface area contributed by atoms with Crippen molar-refractivity contribution in [2.45, 2.75) is 49.8 Å². The number of halogens is 1. The zero-order valence-electron chi connectivity index (χ0n) is 14.6. The van der Waals surface area contributed by atoms with Gasteiger partial charge < -0.3 is 5.32 Å². The summed E-state index contributed by atoms with van der Waals surface area (Å²) in [7, 11) is 0. The number of carbonyl (C=O) groups excluding carboxylic acids is 1. The SMILES string of the molecule is O=C(Nc1nnc(Cc2ccccc2)s1)C12C[C@@H]3C[C@@H](CC(Cl)(C3)C1)C2. The number of nitrogens with zero attached hydrogens (tertiary/aromatic N) is 2. The zero-order chi connectivity index (χ0) is 17.8. The summed E-state index contributed by atoms with van der Waals surface area (Å²) in [6, 6.07) is 10.2. The van der Waals surface area contributed by atoms with E-state index >= 15 is 0 Å². The maximum atomic E-state index is 13.1. The largest absolute Gasteiger partial charge is 0.300 e. The molecule has 1 N–H and O–H groups in total. The highest BCUT2D eigenvalue weighted by atomic mass is 35.5. The first-order valence-corrected chi connectivity index (χ1v) is 10.6. The Balaban J connectivity index is 1.30. The summed E-state index contributed by atoms with van der Waals surface area (Å²) in [5.74, 6) is 1.34. The molecule has 4 saturated carbocycles. The monoisotopic (exact) mass is 387 g/mol. The Bertz CT molecular complexity index is 823. The van der Waals surface area contributed by atoms with E-state index in [1.807, 2.05) is 18.2 Å². The molecule has 1 aromatic heterocycles. The minimum atomic E-state index is -0.295. The Kier molecular flexibility index (Phi) is 3.87. The van der Waals surface area contributed by atoms with E-state index in [-0.39, 0.29) is 16.2 Å². The number of alkyl halides is 1. The van der Waals surface area contributed by atoms with Gasteiger partial charge in [0.15, 0.2) is 0 Å². The van der Waals surface area contributed by atoms with Gasteiger partial charge in [0.05, 0.1) is 5.41 Å². The molecular formula is C20H22ClN3OS. The van der Waals surface area contributed by atoms with Crippen LogP contribution in [0, 0.1) is 17.3 Å². The molecule has 4 atom stereocenters. The highest BCUT2D eigenvalue weighted by Gasteiger charge is 2.60. The Hall–Kier alpha value is -1.46. The van der Waals surface area contributed by atoms with Crippen molar-refractivity contribution in [3.63, 3.8) is 0 Å². The summed E-state index contributed by atoms with van der Waals surface area (Å²) < 4.78 is 0. The predicted molar refractivity (Wildman–Crippen MR) is 103 cm³/mol. The van der Waals surface area contributed by atoms with Gasteiger partial charge >= 0.3 is 0 Å². The van der Waals surface area contributed by atoms with Crippen molar-refractivity contribution in [3.8, 4) is 0 Å². The second-order valence-electron chi connectivity index (χ2n) is 8.51. The summed E-state index contributed by atoms with van der Waals surface area (Å²) in [6.45, 7) is 0. The fourth-order valence-electron chi connectivity index (χ4n) is 5.79. The second-order valence-corrected chi connectivity index (χ2v) is 10.4. The van der Waals surface area contributed by atoms with Crippen LogP contribution in [0.25, 0.3) is 0 Å². The van der Waals surface area contributed by atoms with E-state index in [0.717, 1.165) is 43.5 Å². The van der Waals surface area contributed by atoms with Crippen LogP contribution in [0.4, 0.5) is 5.13 Å². The van der Waals surface area contributed by atoms with E-state index in [1.165, 1.54) is 23.3 Å². The normalized spacial score (nSPS) is 34.8. The van der Waals surface area contributed by atoms with Crippen LogP contribution in [-0.4, -0.2) is 21.0 Å². The molecule has 1 heterocycles. The van der Waals surface area contributed by atoms with Crippen molar-refractivity contribution in [1.29, 1.82) is 0 Å². The first-order chi connectivity index (χ1) is 12.5. The molecule has 136 valence electrons. The lowest BCUT2D eigenvalue weighted by atomic mass is 9.49. The van der Waals surface area contributed by atoms with Crippen LogP contribution in [0.1, 0.15) is 49.1 Å². The summed E-state index contributed by atoms with van der Waals surface area (Å²) in [6.07, 6.45) is 6.95. The first-order valence-electron chi connectivity index (χ1n) is 9.39.